The summed E-state index contributed by atoms with van der Waals surface area (Å²) in [6, 6.07) is 12.5. The van der Waals surface area contributed by atoms with Crippen LogP contribution < -0.4 is 0 Å². The minimum Gasteiger partial charge on any atom is -0.370 e. The van der Waals surface area contributed by atoms with Crippen molar-refractivity contribution in [2.45, 2.75) is 6.54 Å². The smallest absolute Gasteiger partial charge is 0.214 e. The summed E-state index contributed by atoms with van der Waals surface area (Å²) in [4.78, 5) is 35.6. The van der Waals surface area contributed by atoms with E-state index >= 15 is 0 Å². The zero-order valence-corrected chi connectivity index (χ0v) is 16.9. The highest BCUT2D eigenvalue weighted by molar-refractivity contribution is 6.27. The van der Waals surface area contributed by atoms with Crippen LogP contribution in [0, 0.1) is 0 Å². The van der Waals surface area contributed by atoms with Gasteiger partial charge in [-0.3, -0.25) is 14.6 Å². The summed E-state index contributed by atoms with van der Waals surface area (Å²) in [5, 5.41) is 0. The first kappa shape index (κ1) is 18.8. The Morgan fingerprint density at radius 1 is 1.00 bits per heavy atom. The van der Waals surface area contributed by atoms with Crippen LogP contribution in [-0.2, 0) is 11.3 Å². The summed E-state index contributed by atoms with van der Waals surface area (Å²) >= 11 is 0. The van der Waals surface area contributed by atoms with Gasteiger partial charge in [-0.15, -0.1) is 0 Å². The number of carbonyl (C=O) groups is 2. The SMILES string of the molecule is C[N+]1(CCn2c(-c3ccccn3)nc3c2C(=O)c2ccccc2C3=O)CCOCC1. The minimum atomic E-state index is -0.206. The van der Waals surface area contributed by atoms with E-state index in [9.17, 15) is 9.59 Å². The molecule has 1 saturated heterocycles. The van der Waals surface area contributed by atoms with Crippen LogP contribution in [0.3, 0.4) is 0 Å². The number of hydrogen-bond acceptors (Lipinski definition) is 5. The molecule has 0 N–H and O–H groups in total. The fourth-order valence-corrected chi connectivity index (χ4v) is 4.23. The van der Waals surface area contributed by atoms with Gasteiger partial charge in [-0.25, -0.2) is 4.98 Å². The van der Waals surface area contributed by atoms with Crippen LogP contribution in [0.5, 0.6) is 0 Å². The number of carbonyl (C=O) groups excluding carboxylic acids is 2. The summed E-state index contributed by atoms with van der Waals surface area (Å²) in [7, 11) is 2.20. The first-order valence-corrected chi connectivity index (χ1v) is 10.2. The molecule has 3 aromatic rings. The molecule has 0 radical (unpaired) electrons. The van der Waals surface area contributed by atoms with E-state index in [1.54, 1.807) is 30.5 Å². The molecule has 1 aromatic carbocycles. The number of benzene rings is 1. The van der Waals surface area contributed by atoms with Crippen molar-refractivity contribution in [2.24, 2.45) is 0 Å². The van der Waals surface area contributed by atoms with Crippen LogP contribution in [0.1, 0.15) is 32.1 Å². The first-order chi connectivity index (χ1) is 14.6. The molecule has 5 rings (SSSR count). The van der Waals surface area contributed by atoms with Gasteiger partial charge in [-0.2, -0.15) is 0 Å². The number of likely N-dealkylation sites (N-methyl/N-ethyl adjacent to an activating group) is 1. The number of quaternary nitrogens is 1. The molecular formula is C23H23N4O3+. The zero-order chi connectivity index (χ0) is 20.7. The lowest BCUT2D eigenvalue weighted by Crippen LogP contribution is -2.53. The number of rotatable bonds is 4. The topological polar surface area (TPSA) is 74.1 Å². The van der Waals surface area contributed by atoms with Crippen molar-refractivity contribution >= 4 is 11.6 Å². The molecule has 1 aliphatic heterocycles. The molecular weight excluding hydrogens is 380 g/mol. The predicted octanol–water partition coefficient (Wildman–Crippen LogP) is 2.20. The van der Waals surface area contributed by atoms with Gasteiger partial charge in [0.25, 0.3) is 0 Å². The molecule has 0 spiro atoms. The van der Waals surface area contributed by atoms with Crippen LogP contribution in [0.25, 0.3) is 11.5 Å². The number of ether oxygens (including phenoxy) is 1. The normalized spacial score (nSPS) is 17.5. The van der Waals surface area contributed by atoms with Crippen LogP contribution in [-0.4, -0.2) is 70.5 Å². The van der Waals surface area contributed by atoms with Crippen molar-refractivity contribution in [3.8, 4) is 11.5 Å². The molecule has 152 valence electrons. The molecule has 1 fully saturated rings. The summed E-state index contributed by atoms with van der Waals surface area (Å²) in [6.07, 6.45) is 1.70. The van der Waals surface area contributed by atoms with Gasteiger partial charge in [0.05, 0.1) is 33.4 Å². The van der Waals surface area contributed by atoms with E-state index in [4.69, 9.17) is 4.74 Å². The number of nitrogens with zero attached hydrogens (tertiary/aromatic N) is 4. The Morgan fingerprint density at radius 2 is 1.70 bits per heavy atom. The fourth-order valence-electron chi connectivity index (χ4n) is 4.23. The van der Waals surface area contributed by atoms with Crippen molar-refractivity contribution < 1.29 is 18.8 Å². The summed E-state index contributed by atoms with van der Waals surface area (Å²) in [5.74, 6) is 0.206. The summed E-state index contributed by atoms with van der Waals surface area (Å²) in [5.41, 5.74) is 2.11. The number of ketones is 2. The van der Waals surface area contributed by atoms with Gasteiger partial charge in [0.1, 0.15) is 30.2 Å². The maximum absolute atomic E-state index is 13.4. The second kappa shape index (κ2) is 7.27. The minimum absolute atomic E-state index is 0.153. The van der Waals surface area contributed by atoms with E-state index in [0.717, 1.165) is 37.3 Å². The van der Waals surface area contributed by atoms with Gasteiger partial charge >= 0.3 is 0 Å². The van der Waals surface area contributed by atoms with E-state index in [1.165, 1.54) is 0 Å². The van der Waals surface area contributed by atoms with Gasteiger partial charge in [0, 0.05) is 17.3 Å². The van der Waals surface area contributed by atoms with Crippen molar-refractivity contribution in [1.29, 1.82) is 0 Å². The third kappa shape index (κ3) is 3.07. The highest BCUT2D eigenvalue weighted by atomic mass is 16.5. The Morgan fingerprint density at radius 3 is 2.40 bits per heavy atom. The molecule has 2 aliphatic rings. The maximum atomic E-state index is 13.4. The second-order valence-corrected chi connectivity index (χ2v) is 8.11. The van der Waals surface area contributed by atoms with Crippen molar-refractivity contribution in [1.82, 2.24) is 14.5 Å². The zero-order valence-electron chi connectivity index (χ0n) is 16.9. The Labute approximate surface area is 174 Å². The Kier molecular flexibility index (Phi) is 4.56. The number of hydrogen-bond donors (Lipinski definition) is 0. The van der Waals surface area contributed by atoms with E-state index in [1.807, 2.05) is 22.8 Å². The average molecular weight is 403 g/mol. The third-order valence-corrected chi connectivity index (χ3v) is 6.12. The number of fused-ring (bicyclic) bond motifs is 2. The molecule has 0 amide bonds. The lowest BCUT2D eigenvalue weighted by molar-refractivity contribution is -0.917. The molecule has 1 aliphatic carbocycles. The highest BCUT2D eigenvalue weighted by Crippen LogP contribution is 2.31. The number of morpholine rings is 1. The molecule has 2 aromatic heterocycles. The third-order valence-electron chi connectivity index (χ3n) is 6.12. The van der Waals surface area contributed by atoms with Crippen molar-refractivity contribution in [2.75, 3.05) is 39.9 Å². The highest BCUT2D eigenvalue weighted by Gasteiger charge is 2.37. The Hall–Kier alpha value is -3.16. The fraction of sp³-hybridized carbons (Fsp3) is 0.304. The Balaban J connectivity index is 1.62. The molecule has 3 heterocycles. The predicted molar refractivity (Wildman–Crippen MR) is 110 cm³/mol. The van der Waals surface area contributed by atoms with Gasteiger partial charge < -0.3 is 13.8 Å². The molecule has 0 bridgehead atoms. The van der Waals surface area contributed by atoms with Crippen molar-refractivity contribution in [3.05, 3.63) is 71.2 Å². The van der Waals surface area contributed by atoms with Gasteiger partial charge in [0.2, 0.25) is 11.6 Å². The van der Waals surface area contributed by atoms with Crippen LogP contribution in [0.15, 0.2) is 48.7 Å². The number of pyridine rings is 1. The van der Waals surface area contributed by atoms with E-state index in [-0.39, 0.29) is 17.3 Å². The summed E-state index contributed by atoms with van der Waals surface area (Å²) < 4.78 is 8.26. The van der Waals surface area contributed by atoms with Crippen LogP contribution in [0.4, 0.5) is 0 Å². The molecule has 0 saturated carbocycles. The monoisotopic (exact) mass is 403 g/mol. The number of imidazole rings is 1. The van der Waals surface area contributed by atoms with Crippen LogP contribution >= 0.6 is 0 Å². The quantitative estimate of drug-likeness (QED) is 0.489. The van der Waals surface area contributed by atoms with E-state index in [2.05, 4.69) is 17.0 Å². The molecule has 0 unspecified atom stereocenters. The lowest BCUT2D eigenvalue weighted by Gasteiger charge is -2.37. The first-order valence-electron chi connectivity index (χ1n) is 10.2. The second-order valence-electron chi connectivity index (χ2n) is 8.11. The molecule has 7 nitrogen and oxygen atoms in total. The number of aromatic nitrogens is 3. The van der Waals surface area contributed by atoms with Gasteiger partial charge in [-0.05, 0) is 12.1 Å². The standard InChI is InChI=1S/C23H23N4O3/c1-27(12-14-30-15-13-27)11-10-26-20-19(25-23(26)18-8-4-5-9-24-18)21(28)16-6-2-3-7-17(16)22(20)29/h2-9H,10-15H2,1H3/q+1. The maximum Gasteiger partial charge on any atom is 0.214 e. The molecule has 0 atom stereocenters. The summed E-state index contributed by atoms with van der Waals surface area (Å²) in [6.45, 7) is 4.70. The van der Waals surface area contributed by atoms with Gasteiger partial charge in [0.15, 0.2) is 5.82 Å². The lowest BCUT2D eigenvalue weighted by atomic mass is 9.90. The molecule has 7 heteroatoms. The average Bonchev–Trinajstić information content (AvgIpc) is 3.17. The van der Waals surface area contributed by atoms with Gasteiger partial charge in [-0.1, -0.05) is 30.3 Å². The molecule has 30 heavy (non-hydrogen) atoms. The largest absolute Gasteiger partial charge is 0.370 e. The Bertz CT molecular complexity index is 1130. The van der Waals surface area contributed by atoms with Crippen LogP contribution in [0.2, 0.25) is 0 Å². The van der Waals surface area contributed by atoms with E-state index < -0.39 is 0 Å². The van der Waals surface area contributed by atoms with E-state index in [0.29, 0.717) is 34.9 Å². The van der Waals surface area contributed by atoms with Crippen molar-refractivity contribution in [3.63, 3.8) is 0 Å².